The van der Waals surface area contributed by atoms with E-state index in [1.807, 2.05) is 0 Å². The zero-order valence-corrected chi connectivity index (χ0v) is 16.5. The third-order valence-electron chi connectivity index (χ3n) is 4.99. The van der Waals surface area contributed by atoms with Gasteiger partial charge in [-0.15, -0.1) is 0 Å². The van der Waals surface area contributed by atoms with E-state index in [0.717, 1.165) is 25.9 Å². The summed E-state index contributed by atoms with van der Waals surface area (Å²) in [6, 6.07) is 0. The fourth-order valence-corrected chi connectivity index (χ4v) is 3.03. The van der Waals surface area contributed by atoms with Crippen molar-refractivity contribution in [2.45, 2.75) is 93.8 Å². The monoisotopic (exact) mass is 482 g/mol. The third-order valence-corrected chi connectivity index (χ3v) is 4.99. The molecule has 0 aromatic carbocycles. The summed E-state index contributed by atoms with van der Waals surface area (Å²) in [6.45, 7) is 1.56. The number of halogens is 11. The van der Waals surface area contributed by atoms with Crippen LogP contribution in [-0.4, -0.2) is 55.8 Å². The molecule has 1 heterocycles. The summed E-state index contributed by atoms with van der Waals surface area (Å²) < 4.78 is 152. The molecule has 2 nitrogen and oxygen atoms in total. The highest BCUT2D eigenvalue weighted by Crippen LogP contribution is 2.58. The molecule has 0 N–H and O–H groups in total. The van der Waals surface area contributed by atoms with E-state index < -0.39 is 42.7 Å². The Bertz CT molecular complexity index is 529. The van der Waals surface area contributed by atoms with Crippen LogP contribution >= 0.6 is 0 Å². The second kappa shape index (κ2) is 10.8. The van der Waals surface area contributed by atoms with Crippen LogP contribution in [0, 0.1) is 0 Å². The smallest absolute Gasteiger partial charge is 0.381 e. The molecule has 0 spiro atoms. The molecule has 1 atom stereocenters. The summed E-state index contributed by atoms with van der Waals surface area (Å²) in [7, 11) is 0. The zero-order valence-electron chi connectivity index (χ0n) is 16.5. The molecule has 186 valence electrons. The maximum absolute atomic E-state index is 13.5. The average Bonchev–Trinajstić information content (AvgIpc) is 3.15. The standard InChI is InChI=1S/C18H25F11O2/c19-14(20,15(21,22)16(23,24)17(25,26)18(27,28)29)9-4-2-1-3-5-10-30-12-8-13-7-6-11-31-13/h13H,1-12H2. The van der Waals surface area contributed by atoms with Crippen LogP contribution in [0.3, 0.4) is 0 Å². The molecule has 0 saturated carbocycles. The molecule has 0 aromatic heterocycles. The number of ether oxygens (including phenoxy) is 2. The van der Waals surface area contributed by atoms with Gasteiger partial charge in [0.15, 0.2) is 0 Å². The number of hydrogen-bond acceptors (Lipinski definition) is 2. The maximum Gasteiger partial charge on any atom is 0.460 e. The van der Waals surface area contributed by atoms with E-state index in [1.54, 1.807) is 0 Å². The molecular formula is C18H25F11O2. The first-order valence-electron chi connectivity index (χ1n) is 9.85. The minimum atomic E-state index is -7.32. The Hall–Kier alpha value is -0.850. The van der Waals surface area contributed by atoms with E-state index in [4.69, 9.17) is 9.47 Å². The molecule has 1 rings (SSSR count). The van der Waals surface area contributed by atoms with Gasteiger partial charge in [0.05, 0.1) is 6.10 Å². The lowest BCUT2D eigenvalue weighted by Crippen LogP contribution is -2.66. The van der Waals surface area contributed by atoms with Crippen LogP contribution in [0.25, 0.3) is 0 Å². The lowest BCUT2D eigenvalue weighted by atomic mass is 9.94. The predicted molar refractivity (Wildman–Crippen MR) is 88.0 cm³/mol. The Balaban J connectivity index is 2.33. The van der Waals surface area contributed by atoms with Gasteiger partial charge in [0.2, 0.25) is 0 Å². The SMILES string of the molecule is FC(F)(F)C(F)(F)C(F)(F)C(F)(F)C(F)(F)CCCCCCCOCCC1CCCO1. The summed E-state index contributed by atoms with van der Waals surface area (Å²) in [5, 5.41) is 0. The van der Waals surface area contributed by atoms with Crippen molar-refractivity contribution < 1.29 is 57.8 Å². The number of alkyl halides is 11. The Kier molecular flexibility index (Phi) is 9.86. The van der Waals surface area contributed by atoms with Gasteiger partial charge in [-0.3, -0.25) is 0 Å². The van der Waals surface area contributed by atoms with Gasteiger partial charge in [-0.1, -0.05) is 19.3 Å². The quantitative estimate of drug-likeness (QED) is 0.196. The van der Waals surface area contributed by atoms with Crippen molar-refractivity contribution in [3.63, 3.8) is 0 Å². The lowest BCUT2D eigenvalue weighted by molar-refractivity contribution is -0.422. The van der Waals surface area contributed by atoms with E-state index in [9.17, 15) is 48.3 Å². The molecule has 0 aliphatic carbocycles. The van der Waals surface area contributed by atoms with Gasteiger partial charge in [0, 0.05) is 26.2 Å². The largest absolute Gasteiger partial charge is 0.460 e. The van der Waals surface area contributed by atoms with Crippen molar-refractivity contribution in [3.8, 4) is 0 Å². The highest BCUT2D eigenvalue weighted by molar-refractivity contribution is 5.06. The molecule has 0 amide bonds. The van der Waals surface area contributed by atoms with Gasteiger partial charge < -0.3 is 9.47 Å². The Morgan fingerprint density at radius 2 is 1.26 bits per heavy atom. The predicted octanol–water partition coefficient (Wildman–Crippen LogP) is 7.02. The lowest BCUT2D eigenvalue weighted by Gasteiger charge is -2.37. The van der Waals surface area contributed by atoms with Crippen molar-refractivity contribution in [2.24, 2.45) is 0 Å². The molecule has 1 aliphatic heterocycles. The summed E-state index contributed by atoms with van der Waals surface area (Å²) >= 11 is 0. The summed E-state index contributed by atoms with van der Waals surface area (Å²) in [5.41, 5.74) is 0. The van der Waals surface area contributed by atoms with E-state index in [-0.39, 0.29) is 18.9 Å². The van der Waals surface area contributed by atoms with Crippen LogP contribution in [0.1, 0.15) is 57.8 Å². The molecule has 1 fully saturated rings. The normalized spacial score (nSPS) is 19.3. The summed E-state index contributed by atoms with van der Waals surface area (Å²) in [6.07, 6.45) is -5.87. The fourth-order valence-electron chi connectivity index (χ4n) is 3.03. The zero-order chi connectivity index (χ0) is 24.0. The first-order chi connectivity index (χ1) is 14.1. The number of hydrogen-bond donors (Lipinski definition) is 0. The van der Waals surface area contributed by atoms with Crippen molar-refractivity contribution in [3.05, 3.63) is 0 Å². The first-order valence-corrected chi connectivity index (χ1v) is 9.85. The fraction of sp³-hybridized carbons (Fsp3) is 1.00. The van der Waals surface area contributed by atoms with Gasteiger partial charge in [-0.25, -0.2) is 0 Å². The van der Waals surface area contributed by atoms with Gasteiger partial charge in [-0.05, 0) is 32.1 Å². The second-order valence-electron chi connectivity index (χ2n) is 7.48. The maximum atomic E-state index is 13.5. The van der Waals surface area contributed by atoms with Gasteiger partial charge >= 0.3 is 29.9 Å². The molecule has 0 radical (unpaired) electrons. The van der Waals surface area contributed by atoms with E-state index in [2.05, 4.69) is 0 Å². The third kappa shape index (κ3) is 6.82. The Morgan fingerprint density at radius 1 is 0.677 bits per heavy atom. The molecule has 1 unspecified atom stereocenters. The van der Waals surface area contributed by atoms with Crippen LogP contribution < -0.4 is 0 Å². The van der Waals surface area contributed by atoms with Gasteiger partial charge in [0.25, 0.3) is 0 Å². The van der Waals surface area contributed by atoms with E-state index in [1.165, 1.54) is 0 Å². The topological polar surface area (TPSA) is 18.5 Å². The van der Waals surface area contributed by atoms with E-state index >= 15 is 0 Å². The highest BCUT2D eigenvalue weighted by atomic mass is 19.4. The van der Waals surface area contributed by atoms with Crippen LogP contribution in [0.4, 0.5) is 48.3 Å². The van der Waals surface area contributed by atoms with Crippen molar-refractivity contribution in [2.75, 3.05) is 19.8 Å². The Morgan fingerprint density at radius 3 is 1.81 bits per heavy atom. The second-order valence-corrected chi connectivity index (χ2v) is 7.48. The average molecular weight is 482 g/mol. The minimum Gasteiger partial charge on any atom is -0.381 e. The van der Waals surface area contributed by atoms with E-state index in [0.29, 0.717) is 26.1 Å². The van der Waals surface area contributed by atoms with Crippen molar-refractivity contribution in [1.82, 2.24) is 0 Å². The van der Waals surface area contributed by atoms with Crippen LogP contribution in [0.5, 0.6) is 0 Å². The van der Waals surface area contributed by atoms with Crippen LogP contribution in [0.15, 0.2) is 0 Å². The van der Waals surface area contributed by atoms with Crippen molar-refractivity contribution in [1.29, 1.82) is 0 Å². The Labute approximate surface area is 172 Å². The molecule has 1 aliphatic rings. The van der Waals surface area contributed by atoms with Crippen LogP contribution in [-0.2, 0) is 9.47 Å². The first kappa shape index (κ1) is 28.2. The molecule has 31 heavy (non-hydrogen) atoms. The van der Waals surface area contributed by atoms with Crippen molar-refractivity contribution >= 4 is 0 Å². The molecule has 13 heteroatoms. The highest BCUT2D eigenvalue weighted by Gasteiger charge is 2.86. The van der Waals surface area contributed by atoms with Crippen LogP contribution in [0.2, 0.25) is 0 Å². The molecular weight excluding hydrogens is 457 g/mol. The molecule has 0 aromatic rings. The summed E-state index contributed by atoms with van der Waals surface area (Å²) in [4.78, 5) is 0. The summed E-state index contributed by atoms with van der Waals surface area (Å²) in [5.74, 6) is -27.3. The number of unbranched alkanes of at least 4 members (excludes halogenated alkanes) is 4. The van der Waals surface area contributed by atoms with Gasteiger partial charge in [-0.2, -0.15) is 48.3 Å². The van der Waals surface area contributed by atoms with Gasteiger partial charge in [0.1, 0.15) is 0 Å². The molecule has 1 saturated heterocycles. The minimum absolute atomic E-state index is 0.122. The molecule has 0 bridgehead atoms. The number of rotatable bonds is 14.